The molecule has 5 N–H and O–H groups in total. The lowest BCUT2D eigenvalue weighted by molar-refractivity contribution is 0.0957. The number of nitrogens with two attached hydrogens (primary N) is 2. The molecule has 10 nitrogen and oxygen atoms in total. The van der Waals surface area contributed by atoms with E-state index in [2.05, 4.69) is 25.3 Å². The van der Waals surface area contributed by atoms with Gasteiger partial charge in [-0.3, -0.25) is 9.78 Å². The van der Waals surface area contributed by atoms with Gasteiger partial charge in [-0.15, -0.1) is 11.3 Å². The first-order chi connectivity index (χ1) is 14.7. The van der Waals surface area contributed by atoms with Crippen LogP contribution >= 0.6 is 11.3 Å². The van der Waals surface area contributed by atoms with Gasteiger partial charge in [-0.05, 0) is 12.1 Å². The first-order valence-electron chi connectivity index (χ1n) is 9.51. The zero-order chi connectivity index (χ0) is 20.9. The van der Waals surface area contributed by atoms with Gasteiger partial charge in [0.15, 0.2) is 5.82 Å². The molecule has 1 aliphatic rings. The highest BCUT2D eigenvalue weighted by Crippen LogP contribution is 2.34. The molecular formula is C19H22N8O2S. The number of hydrogen-bond acceptors (Lipinski definition) is 9. The van der Waals surface area contributed by atoms with Gasteiger partial charge in [0.25, 0.3) is 5.91 Å². The second-order valence-electron chi connectivity index (χ2n) is 6.64. The smallest absolute Gasteiger partial charge is 0.252 e. The van der Waals surface area contributed by atoms with Crippen LogP contribution in [0.25, 0.3) is 21.7 Å². The minimum Gasteiger partial charge on any atom is -0.386 e. The highest BCUT2D eigenvalue weighted by atomic mass is 32.1. The Labute approximate surface area is 177 Å². The SMILES string of the molecule is N/N=C(\N)CCNC(=O)c1csc2nc(-c3ccccn3)nc(N3CCOCC3)c12. The molecule has 0 unspecified atom stereocenters. The molecule has 4 rings (SSSR count). The number of hydrazone groups is 1. The fraction of sp³-hybridized carbons (Fsp3) is 0.316. The van der Waals surface area contributed by atoms with E-state index in [1.54, 1.807) is 11.6 Å². The van der Waals surface area contributed by atoms with Gasteiger partial charge in [0.05, 0.1) is 24.2 Å². The first-order valence-corrected chi connectivity index (χ1v) is 10.4. The largest absolute Gasteiger partial charge is 0.386 e. The number of anilines is 1. The Kier molecular flexibility index (Phi) is 6.00. The third-order valence-corrected chi connectivity index (χ3v) is 5.57. The van der Waals surface area contributed by atoms with Crippen LogP contribution in [0.2, 0.25) is 0 Å². The van der Waals surface area contributed by atoms with Crippen LogP contribution in [0.15, 0.2) is 34.9 Å². The lowest BCUT2D eigenvalue weighted by Crippen LogP contribution is -2.37. The van der Waals surface area contributed by atoms with Gasteiger partial charge in [0.1, 0.15) is 22.2 Å². The number of nitrogens with zero attached hydrogens (tertiary/aromatic N) is 5. The summed E-state index contributed by atoms with van der Waals surface area (Å²) in [4.78, 5) is 29.6. The molecule has 156 valence electrons. The molecule has 1 fully saturated rings. The Morgan fingerprint density at radius 3 is 2.87 bits per heavy atom. The summed E-state index contributed by atoms with van der Waals surface area (Å²) in [6.45, 7) is 2.92. The van der Waals surface area contributed by atoms with Gasteiger partial charge < -0.3 is 26.5 Å². The maximum atomic E-state index is 12.9. The molecule has 0 bridgehead atoms. The van der Waals surface area contributed by atoms with E-state index < -0.39 is 0 Å². The number of morpholine rings is 1. The number of amidine groups is 1. The van der Waals surface area contributed by atoms with Gasteiger partial charge in [0.2, 0.25) is 0 Å². The number of hydrogen-bond donors (Lipinski definition) is 3. The quantitative estimate of drug-likeness (QED) is 0.229. The summed E-state index contributed by atoms with van der Waals surface area (Å²) in [5, 5.41) is 8.81. The second-order valence-corrected chi connectivity index (χ2v) is 7.50. The third kappa shape index (κ3) is 4.16. The number of aromatic nitrogens is 3. The van der Waals surface area contributed by atoms with E-state index in [-0.39, 0.29) is 11.7 Å². The molecular weight excluding hydrogens is 404 g/mol. The average molecular weight is 427 g/mol. The Morgan fingerprint density at radius 1 is 1.30 bits per heavy atom. The van der Waals surface area contributed by atoms with Crippen molar-refractivity contribution in [3.05, 3.63) is 35.3 Å². The number of carbonyl (C=O) groups is 1. The predicted molar refractivity (Wildman–Crippen MR) is 116 cm³/mol. The third-order valence-electron chi connectivity index (χ3n) is 4.70. The predicted octanol–water partition coefficient (Wildman–Crippen LogP) is 0.941. The van der Waals surface area contributed by atoms with Gasteiger partial charge >= 0.3 is 0 Å². The first kappa shape index (κ1) is 20.0. The van der Waals surface area contributed by atoms with E-state index in [0.29, 0.717) is 56.4 Å². The highest BCUT2D eigenvalue weighted by Gasteiger charge is 2.24. The minimum absolute atomic E-state index is 0.213. The maximum absolute atomic E-state index is 12.9. The number of amides is 1. The molecule has 1 aliphatic heterocycles. The van der Waals surface area contributed by atoms with Gasteiger partial charge in [-0.25, -0.2) is 9.97 Å². The Morgan fingerprint density at radius 2 is 2.13 bits per heavy atom. The number of pyridine rings is 1. The van der Waals surface area contributed by atoms with Crippen molar-refractivity contribution in [3.8, 4) is 11.5 Å². The highest BCUT2D eigenvalue weighted by molar-refractivity contribution is 7.17. The lowest BCUT2D eigenvalue weighted by Gasteiger charge is -2.28. The fourth-order valence-corrected chi connectivity index (χ4v) is 4.08. The van der Waals surface area contributed by atoms with Crippen LogP contribution in [-0.2, 0) is 4.74 Å². The number of ether oxygens (including phenoxy) is 1. The molecule has 0 atom stereocenters. The van der Waals surface area contributed by atoms with Crippen molar-refractivity contribution in [1.29, 1.82) is 0 Å². The number of nitrogens with one attached hydrogen (secondary N) is 1. The van der Waals surface area contributed by atoms with Gasteiger partial charge in [-0.1, -0.05) is 6.07 Å². The summed E-state index contributed by atoms with van der Waals surface area (Å²) >= 11 is 1.41. The number of thiophene rings is 1. The molecule has 0 aromatic carbocycles. The van der Waals surface area contributed by atoms with E-state index in [1.807, 2.05) is 18.2 Å². The van der Waals surface area contributed by atoms with Gasteiger partial charge in [-0.2, -0.15) is 5.10 Å². The van der Waals surface area contributed by atoms with Crippen molar-refractivity contribution >= 4 is 39.1 Å². The van der Waals surface area contributed by atoms with Crippen molar-refractivity contribution in [2.24, 2.45) is 16.7 Å². The fourth-order valence-electron chi connectivity index (χ4n) is 3.17. The zero-order valence-corrected chi connectivity index (χ0v) is 17.1. The molecule has 0 spiro atoms. The molecule has 0 aliphatic carbocycles. The molecule has 1 amide bonds. The van der Waals surface area contributed by atoms with E-state index in [4.69, 9.17) is 21.3 Å². The van der Waals surface area contributed by atoms with Crippen LogP contribution < -0.4 is 21.8 Å². The number of rotatable bonds is 6. The minimum atomic E-state index is -0.213. The van der Waals surface area contributed by atoms with Crippen molar-refractivity contribution in [3.63, 3.8) is 0 Å². The lowest BCUT2D eigenvalue weighted by atomic mass is 10.2. The Bertz CT molecular complexity index is 1060. The molecule has 0 radical (unpaired) electrons. The van der Waals surface area contributed by atoms with E-state index in [0.717, 1.165) is 16.0 Å². The van der Waals surface area contributed by atoms with Crippen molar-refractivity contribution in [2.75, 3.05) is 37.7 Å². The Hall–Kier alpha value is -3.31. The topological polar surface area (TPSA) is 145 Å². The zero-order valence-electron chi connectivity index (χ0n) is 16.2. The molecule has 0 saturated carbocycles. The van der Waals surface area contributed by atoms with Gasteiger partial charge in [0, 0.05) is 37.6 Å². The Balaban J connectivity index is 1.73. The van der Waals surface area contributed by atoms with E-state index in [1.165, 1.54) is 11.3 Å². The molecule has 30 heavy (non-hydrogen) atoms. The summed E-state index contributed by atoms with van der Waals surface area (Å²) in [6, 6.07) is 5.61. The number of fused-ring (bicyclic) bond motifs is 1. The van der Waals surface area contributed by atoms with Crippen LogP contribution in [0.5, 0.6) is 0 Å². The summed E-state index contributed by atoms with van der Waals surface area (Å²) in [7, 11) is 0. The normalized spacial score (nSPS) is 14.8. The molecule has 3 aromatic heterocycles. The van der Waals surface area contributed by atoms with Crippen LogP contribution in [0, 0.1) is 0 Å². The summed E-state index contributed by atoms with van der Waals surface area (Å²) in [6.07, 6.45) is 2.09. The van der Waals surface area contributed by atoms with Crippen molar-refractivity contribution in [2.45, 2.75) is 6.42 Å². The molecule has 11 heteroatoms. The van der Waals surface area contributed by atoms with Crippen LogP contribution in [0.4, 0.5) is 5.82 Å². The molecule has 3 aromatic rings. The standard InChI is InChI=1S/C19H22N8O2S/c20-14(26-21)4-6-23-18(28)12-11-30-19-15(12)17(27-7-9-29-10-8-27)24-16(25-19)13-3-1-2-5-22-13/h1-3,5,11H,4,6-10,21H2,(H2,20,26)(H,23,28). The van der Waals surface area contributed by atoms with Crippen LogP contribution in [0.1, 0.15) is 16.8 Å². The van der Waals surface area contributed by atoms with Crippen LogP contribution in [0.3, 0.4) is 0 Å². The number of carbonyl (C=O) groups excluding carboxylic acids is 1. The van der Waals surface area contributed by atoms with E-state index in [9.17, 15) is 4.79 Å². The molecule has 1 saturated heterocycles. The maximum Gasteiger partial charge on any atom is 0.252 e. The summed E-state index contributed by atoms with van der Waals surface area (Å²) in [5.41, 5.74) is 6.81. The second kappa shape index (κ2) is 9.01. The monoisotopic (exact) mass is 426 g/mol. The van der Waals surface area contributed by atoms with Crippen molar-refractivity contribution < 1.29 is 9.53 Å². The summed E-state index contributed by atoms with van der Waals surface area (Å²) in [5.74, 6) is 6.46. The average Bonchev–Trinajstić information content (AvgIpc) is 3.23. The van der Waals surface area contributed by atoms with E-state index >= 15 is 0 Å². The summed E-state index contributed by atoms with van der Waals surface area (Å²) < 4.78 is 5.49. The van der Waals surface area contributed by atoms with Crippen molar-refractivity contribution in [1.82, 2.24) is 20.3 Å². The van der Waals surface area contributed by atoms with Crippen LogP contribution in [-0.4, -0.2) is 59.5 Å². The molecule has 4 heterocycles.